The Labute approximate surface area is 492 Å². The van der Waals surface area contributed by atoms with Crippen LogP contribution in [0.25, 0.3) is 0 Å². The number of unbranched alkanes of at least 4 members (excludes halogenated alkanes) is 20. The molecule has 0 N–H and O–H groups in total. The fraction of sp³-hybridized carbons (Fsp3) is 0.608. The van der Waals surface area contributed by atoms with Gasteiger partial charge in [0, 0.05) is 19.3 Å². The normalized spacial score (nSPS) is 13.2. The minimum atomic E-state index is -0.809. The summed E-state index contributed by atoms with van der Waals surface area (Å²) in [4.78, 5) is 38.2. The average Bonchev–Trinajstić information content (AvgIpc) is 3.46. The first-order valence-corrected chi connectivity index (χ1v) is 32.5. The van der Waals surface area contributed by atoms with Crippen LogP contribution in [0.3, 0.4) is 0 Å². The quantitative estimate of drug-likeness (QED) is 0.0261. The number of carbonyl (C=O) groups is 3. The van der Waals surface area contributed by atoms with Crippen molar-refractivity contribution in [2.45, 2.75) is 277 Å². The highest BCUT2D eigenvalue weighted by Gasteiger charge is 2.19. The van der Waals surface area contributed by atoms with Crippen LogP contribution in [0, 0.1) is 0 Å². The lowest BCUT2D eigenvalue weighted by atomic mass is 10.0. The van der Waals surface area contributed by atoms with Crippen LogP contribution in [0.1, 0.15) is 271 Å². The van der Waals surface area contributed by atoms with Crippen LogP contribution in [0.5, 0.6) is 0 Å². The Morgan fingerprint density at radius 1 is 0.263 bits per heavy atom. The molecule has 0 aliphatic carbocycles. The molecule has 0 aromatic carbocycles. The molecule has 0 radical (unpaired) electrons. The second-order valence-corrected chi connectivity index (χ2v) is 20.9. The smallest absolute Gasteiger partial charge is 0.306 e. The van der Waals surface area contributed by atoms with E-state index in [4.69, 9.17) is 14.2 Å². The van der Waals surface area contributed by atoms with E-state index in [1.165, 1.54) is 83.5 Å². The largest absolute Gasteiger partial charge is 0.462 e. The van der Waals surface area contributed by atoms with Crippen molar-refractivity contribution in [3.63, 3.8) is 0 Å². The van der Waals surface area contributed by atoms with Gasteiger partial charge in [-0.1, -0.05) is 281 Å². The summed E-state index contributed by atoms with van der Waals surface area (Å²) >= 11 is 0. The molecule has 450 valence electrons. The number of esters is 3. The Hall–Kier alpha value is -4.97. The number of ether oxygens (including phenoxy) is 3. The first kappa shape index (κ1) is 75.0. The minimum absolute atomic E-state index is 0.101. The summed E-state index contributed by atoms with van der Waals surface area (Å²) in [5.41, 5.74) is 0. The molecule has 0 saturated heterocycles. The van der Waals surface area contributed by atoms with E-state index in [1.807, 2.05) is 0 Å². The second kappa shape index (κ2) is 66.5. The number of rotatable bonds is 57. The number of hydrogen-bond donors (Lipinski definition) is 0. The molecule has 0 aliphatic heterocycles. The predicted octanol–water partition coefficient (Wildman–Crippen LogP) is 22.5. The van der Waals surface area contributed by atoms with Crippen LogP contribution in [0.4, 0.5) is 0 Å². The molecule has 0 aliphatic rings. The summed E-state index contributed by atoms with van der Waals surface area (Å²) in [6.45, 7) is 6.36. The molecule has 1 unspecified atom stereocenters. The van der Waals surface area contributed by atoms with E-state index >= 15 is 0 Å². The van der Waals surface area contributed by atoms with Crippen LogP contribution in [-0.2, 0) is 28.6 Å². The molecule has 0 heterocycles. The molecule has 0 aromatic heterocycles. The highest BCUT2D eigenvalue weighted by Crippen LogP contribution is 2.15. The lowest BCUT2D eigenvalue weighted by Crippen LogP contribution is -2.30. The van der Waals surface area contributed by atoms with Crippen LogP contribution >= 0.6 is 0 Å². The van der Waals surface area contributed by atoms with Crippen LogP contribution in [-0.4, -0.2) is 37.2 Å². The summed E-state index contributed by atoms with van der Waals surface area (Å²) in [7, 11) is 0. The Balaban J connectivity index is 4.29. The van der Waals surface area contributed by atoms with Crippen molar-refractivity contribution >= 4 is 17.9 Å². The van der Waals surface area contributed by atoms with Crippen LogP contribution < -0.4 is 0 Å². The maximum absolute atomic E-state index is 12.9. The molecule has 0 aromatic rings. The minimum Gasteiger partial charge on any atom is -0.462 e. The molecule has 0 fully saturated rings. The molecule has 0 amide bonds. The van der Waals surface area contributed by atoms with Gasteiger partial charge >= 0.3 is 17.9 Å². The van der Waals surface area contributed by atoms with Crippen molar-refractivity contribution in [3.05, 3.63) is 158 Å². The van der Waals surface area contributed by atoms with E-state index in [9.17, 15) is 14.4 Å². The molecule has 6 nitrogen and oxygen atoms in total. The van der Waals surface area contributed by atoms with E-state index in [0.29, 0.717) is 19.3 Å². The van der Waals surface area contributed by atoms with Gasteiger partial charge in [0.05, 0.1) is 0 Å². The molecule has 0 rings (SSSR count). The summed E-state index contributed by atoms with van der Waals surface area (Å²) in [6, 6.07) is 0. The molecule has 1 atom stereocenters. The summed E-state index contributed by atoms with van der Waals surface area (Å²) < 4.78 is 16.8. The number of allylic oxidation sites excluding steroid dienone is 26. The maximum atomic E-state index is 12.9. The topological polar surface area (TPSA) is 78.9 Å². The SMILES string of the molecule is CC/C=C\C/C=C\C/C=C\C/C=C\C/C=C\C/C=C\C/C=C\C/C=C\C/C=C\CCCCCCCCCC(=O)OCC(COC(=O)CCCCCCCCCCCCCC)OC(=O)CCCC/C=C\C/C=C\C/C=C\C/C=C\CC. The summed E-state index contributed by atoms with van der Waals surface area (Å²) in [5, 5.41) is 0. The summed E-state index contributed by atoms with van der Waals surface area (Å²) in [6.07, 6.45) is 96.9. The Morgan fingerprint density at radius 2 is 0.487 bits per heavy atom. The summed E-state index contributed by atoms with van der Waals surface area (Å²) in [5.74, 6) is -0.957. The van der Waals surface area contributed by atoms with E-state index in [-0.39, 0.29) is 37.5 Å². The van der Waals surface area contributed by atoms with Gasteiger partial charge in [0.2, 0.25) is 0 Å². The van der Waals surface area contributed by atoms with Gasteiger partial charge in [0.15, 0.2) is 6.10 Å². The average molecular weight is 1100 g/mol. The first-order chi connectivity index (χ1) is 39.5. The molecule has 0 spiro atoms. The molecule has 0 bridgehead atoms. The fourth-order valence-electron chi connectivity index (χ4n) is 8.48. The standard InChI is InChI=1S/C74H118O6/c1-4-7-10-13-16-19-22-25-27-28-29-30-31-32-33-34-35-36-37-38-39-40-41-42-43-44-45-46-48-49-52-55-58-61-64-67-73(76)79-70-71(69-78-72(75)66-63-60-57-54-51-24-21-18-15-12-9-6-3)80-74(77)68-65-62-59-56-53-50-47-26-23-20-17-14-11-8-5-2/h7-8,10-11,16-17,19-20,25-27,29-30,32-33,35-36,38-39,41-42,44-45,47,53,56,71H,4-6,9,12-15,18,21-24,28,31,34,37,40,43,46,48-52,54-55,57-70H2,1-3H3/b10-7-,11-8-,19-16-,20-17-,27-25-,30-29-,33-32-,36-35-,39-38-,42-41-,45-44-,47-26-,56-53-. The van der Waals surface area contributed by atoms with Crippen molar-refractivity contribution < 1.29 is 28.6 Å². The van der Waals surface area contributed by atoms with Gasteiger partial charge in [0.1, 0.15) is 13.2 Å². The van der Waals surface area contributed by atoms with Gasteiger partial charge < -0.3 is 14.2 Å². The van der Waals surface area contributed by atoms with E-state index < -0.39 is 6.10 Å². The molecular formula is C74H118O6. The Kier molecular flexibility index (Phi) is 62.4. The molecular weight excluding hydrogens is 985 g/mol. The van der Waals surface area contributed by atoms with Gasteiger partial charge in [-0.3, -0.25) is 14.4 Å². The maximum Gasteiger partial charge on any atom is 0.306 e. The lowest BCUT2D eigenvalue weighted by molar-refractivity contribution is -0.167. The van der Waals surface area contributed by atoms with Crippen LogP contribution in [0.2, 0.25) is 0 Å². The molecule has 0 saturated carbocycles. The monoisotopic (exact) mass is 1100 g/mol. The number of carbonyl (C=O) groups excluding carboxylic acids is 3. The van der Waals surface area contributed by atoms with Gasteiger partial charge in [-0.15, -0.1) is 0 Å². The zero-order valence-electron chi connectivity index (χ0n) is 51.5. The van der Waals surface area contributed by atoms with Gasteiger partial charge in [-0.05, 0) is 128 Å². The zero-order chi connectivity index (χ0) is 57.8. The number of hydrogen-bond acceptors (Lipinski definition) is 6. The van der Waals surface area contributed by atoms with E-state index in [0.717, 1.165) is 141 Å². The first-order valence-electron chi connectivity index (χ1n) is 32.5. The van der Waals surface area contributed by atoms with Gasteiger partial charge in [0.25, 0.3) is 0 Å². The Bertz CT molecular complexity index is 1790. The highest BCUT2D eigenvalue weighted by atomic mass is 16.6. The lowest BCUT2D eigenvalue weighted by Gasteiger charge is -2.18. The van der Waals surface area contributed by atoms with Crippen molar-refractivity contribution in [2.75, 3.05) is 13.2 Å². The van der Waals surface area contributed by atoms with Crippen molar-refractivity contribution in [1.29, 1.82) is 0 Å². The van der Waals surface area contributed by atoms with Gasteiger partial charge in [-0.25, -0.2) is 0 Å². The third-order valence-corrected chi connectivity index (χ3v) is 13.3. The predicted molar refractivity (Wildman–Crippen MR) is 348 cm³/mol. The fourth-order valence-corrected chi connectivity index (χ4v) is 8.48. The zero-order valence-corrected chi connectivity index (χ0v) is 51.5. The highest BCUT2D eigenvalue weighted by molar-refractivity contribution is 5.71. The van der Waals surface area contributed by atoms with Crippen LogP contribution in [0.15, 0.2) is 158 Å². The van der Waals surface area contributed by atoms with Gasteiger partial charge in [-0.2, -0.15) is 0 Å². The van der Waals surface area contributed by atoms with Crippen molar-refractivity contribution in [2.24, 2.45) is 0 Å². The second-order valence-electron chi connectivity index (χ2n) is 20.9. The van der Waals surface area contributed by atoms with E-state index in [1.54, 1.807) is 0 Å². The molecule has 6 heteroatoms. The van der Waals surface area contributed by atoms with Crippen molar-refractivity contribution in [1.82, 2.24) is 0 Å². The molecule has 80 heavy (non-hydrogen) atoms. The van der Waals surface area contributed by atoms with E-state index in [2.05, 4.69) is 179 Å². The Morgan fingerprint density at radius 3 is 0.787 bits per heavy atom. The van der Waals surface area contributed by atoms with Crippen molar-refractivity contribution in [3.8, 4) is 0 Å². The third-order valence-electron chi connectivity index (χ3n) is 13.3. The third kappa shape index (κ3) is 63.9.